The van der Waals surface area contributed by atoms with Gasteiger partial charge in [0, 0.05) is 44.9 Å². The number of hydrogen-bond donors (Lipinski definition) is 0. The van der Waals surface area contributed by atoms with Crippen molar-refractivity contribution in [3.05, 3.63) is 218 Å². The monoisotopic (exact) mass is 704 g/mol. The Hall–Kier alpha value is -7.36. The summed E-state index contributed by atoms with van der Waals surface area (Å²) in [4.78, 5) is 4.67. The Kier molecular flexibility index (Phi) is 8.16. The number of hydrogen-bond acceptors (Lipinski definition) is 3. The first-order chi connectivity index (χ1) is 27.3. The van der Waals surface area contributed by atoms with Crippen LogP contribution in [0.2, 0.25) is 0 Å². The molecule has 0 fully saturated rings. The summed E-state index contributed by atoms with van der Waals surface area (Å²) in [6.07, 6.45) is 0. The third kappa shape index (κ3) is 6.08. The second-order valence-electron chi connectivity index (χ2n) is 13.8. The number of para-hydroxylation sites is 2. The molecule has 0 saturated carbocycles. The lowest BCUT2D eigenvalue weighted by atomic mass is 10.00. The van der Waals surface area contributed by atoms with E-state index in [-0.39, 0.29) is 0 Å². The van der Waals surface area contributed by atoms with E-state index in [1.165, 1.54) is 22.1 Å². The number of fused-ring (bicyclic) bond motifs is 5. The van der Waals surface area contributed by atoms with Gasteiger partial charge < -0.3 is 14.2 Å². The molecule has 0 saturated heterocycles. The van der Waals surface area contributed by atoms with Crippen LogP contribution in [0.1, 0.15) is 0 Å². The Morgan fingerprint density at radius 1 is 0.273 bits per heavy atom. The van der Waals surface area contributed by atoms with Gasteiger partial charge in [-0.2, -0.15) is 0 Å². The normalized spacial score (nSPS) is 11.3. The Morgan fingerprint density at radius 3 is 1.36 bits per heavy atom. The summed E-state index contributed by atoms with van der Waals surface area (Å²) in [5.41, 5.74) is 13.0. The van der Waals surface area contributed by atoms with Crippen LogP contribution in [0, 0.1) is 0 Å². The zero-order chi connectivity index (χ0) is 36.6. The average molecular weight is 705 g/mol. The molecule has 0 amide bonds. The highest BCUT2D eigenvalue weighted by molar-refractivity contribution is 6.19. The van der Waals surface area contributed by atoms with Crippen molar-refractivity contribution < 1.29 is 4.42 Å². The third-order valence-corrected chi connectivity index (χ3v) is 10.4. The minimum atomic E-state index is 0.892. The first-order valence-electron chi connectivity index (χ1n) is 18.7. The number of furan rings is 1. The minimum absolute atomic E-state index is 0.892. The van der Waals surface area contributed by atoms with Gasteiger partial charge in [0.05, 0.1) is 0 Å². The number of anilines is 6. The van der Waals surface area contributed by atoms with Crippen molar-refractivity contribution in [3.63, 3.8) is 0 Å². The van der Waals surface area contributed by atoms with Crippen molar-refractivity contribution in [2.24, 2.45) is 0 Å². The van der Waals surface area contributed by atoms with Crippen molar-refractivity contribution in [1.29, 1.82) is 0 Å². The van der Waals surface area contributed by atoms with Gasteiger partial charge in [-0.3, -0.25) is 0 Å². The summed E-state index contributed by atoms with van der Waals surface area (Å²) in [5, 5.41) is 4.58. The summed E-state index contributed by atoms with van der Waals surface area (Å²) < 4.78 is 6.48. The van der Waals surface area contributed by atoms with Crippen LogP contribution in [0.3, 0.4) is 0 Å². The molecule has 0 aliphatic rings. The van der Waals surface area contributed by atoms with Gasteiger partial charge in [-0.05, 0) is 118 Å². The Balaban J connectivity index is 1.11. The Morgan fingerprint density at radius 2 is 0.727 bits per heavy atom. The van der Waals surface area contributed by atoms with Gasteiger partial charge in [-0.25, -0.2) is 0 Å². The van der Waals surface area contributed by atoms with Gasteiger partial charge >= 0.3 is 0 Å². The van der Waals surface area contributed by atoms with Crippen LogP contribution in [0.4, 0.5) is 34.1 Å². The van der Waals surface area contributed by atoms with Crippen LogP contribution in [0.25, 0.3) is 55.0 Å². The van der Waals surface area contributed by atoms with Gasteiger partial charge in [-0.1, -0.05) is 133 Å². The second kappa shape index (κ2) is 13.9. The zero-order valence-corrected chi connectivity index (χ0v) is 30.1. The van der Waals surface area contributed by atoms with Crippen LogP contribution in [0.5, 0.6) is 0 Å². The van der Waals surface area contributed by atoms with Crippen LogP contribution in [0.15, 0.2) is 223 Å². The summed E-state index contributed by atoms with van der Waals surface area (Å²) >= 11 is 0. The van der Waals surface area contributed by atoms with E-state index >= 15 is 0 Å². The Bertz CT molecular complexity index is 2860. The van der Waals surface area contributed by atoms with Crippen molar-refractivity contribution >= 4 is 66.8 Å². The van der Waals surface area contributed by atoms with E-state index in [1.807, 2.05) is 6.07 Å². The van der Waals surface area contributed by atoms with Gasteiger partial charge in [0.15, 0.2) is 0 Å². The van der Waals surface area contributed by atoms with E-state index in [2.05, 4.69) is 222 Å². The summed E-state index contributed by atoms with van der Waals surface area (Å²) in [6, 6.07) is 77.5. The minimum Gasteiger partial charge on any atom is -0.456 e. The summed E-state index contributed by atoms with van der Waals surface area (Å²) in [5.74, 6) is 0. The lowest BCUT2D eigenvalue weighted by molar-refractivity contribution is 0.669. The van der Waals surface area contributed by atoms with Crippen LogP contribution < -0.4 is 9.80 Å². The van der Waals surface area contributed by atoms with Crippen molar-refractivity contribution in [2.75, 3.05) is 9.80 Å². The first kappa shape index (κ1) is 32.3. The topological polar surface area (TPSA) is 19.6 Å². The smallest absolute Gasteiger partial charge is 0.136 e. The van der Waals surface area contributed by atoms with E-state index in [1.54, 1.807) is 0 Å². The quantitative estimate of drug-likeness (QED) is 0.157. The molecule has 0 aliphatic carbocycles. The molecule has 10 rings (SSSR count). The predicted octanol–water partition coefficient (Wildman–Crippen LogP) is 15.0. The predicted molar refractivity (Wildman–Crippen MR) is 231 cm³/mol. The first-order valence-corrected chi connectivity index (χ1v) is 18.7. The molecule has 9 aromatic carbocycles. The SMILES string of the molecule is c1ccc(-c2ccc(N(c3cccc(N(c4ccccc4)c4ccccc4)c3)c3ccc4c(ccc5oc6cc(-c7ccccc7)ccc6c54)c3)cc2)cc1. The zero-order valence-electron chi connectivity index (χ0n) is 30.1. The van der Waals surface area contributed by atoms with E-state index in [0.29, 0.717) is 0 Å². The molecule has 55 heavy (non-hydrogen) atoms. The second-order valence-corrected chi connectivity index (χ2v) is 13.8. The fourth-order valence-corrected chi connectivity index (χ4v) is 7.79. The van der Waals surface area contributed by atoms with Crippen molar-refractivity contribution in [1.82, 2.24) is 0 Å². The Labute approximate surface area is 320 Å². The fraction of sp³-hybridized carbons (Fsp3) is 0. The molecule has 1 heterocycles. The molecule has 3 heteroatoms. The lowest BCUT2D eigenvalue weighted by Crippen LogP contribution is -2.13. The van der Waals surface area contributed by atoms with Gasteiger partial charge in [0.1, 0.15) is 11.2 Å². The molecule has 1 aromatic heterocycles. The lowest BCUT2D eigenvalue weighted by Gasteiger charge is -2.29. The summed E-state index contributed by atoms with van der Waals surface area (Å²) in [6.45, 7) is 0. The van der Waals surface area contributed by atoms with E-state index < -0.39 is 0 Å². The molecule has 0 atom stereocenters. The fourth-order valence-electron chi connectivity index (χ4n) is 7.79. The molecule has 0 bridgehead atoms. The molecule has 3 nitrogen and oxygen atoms in total. The maximum absolute atomic E-state index is 6.48. The third-order valence-electron chi connectivity index (χ3n) is 10.4. The largest absolute Gasteiger partial charge is 0.456 e. The summed E-state index contributed by atoms with van der Waals surface area (Å²) in [7, 11) is 0. The standard InChI is InChI=1S/C52H36N2O/c1-5-14-37(15-6-1)39-24-28-44(29-25-39)54(46-23-13-22-45(36-46)53(42-18-9-3-10-19-42)43-20-11-4-12-21-43)47-30-32-48-41(34-47)27-33-50-52(48)49-31-26-40(35-51(49)55-50)38-16-7-2-8-17-38/h1-36H. The highest BCUT2D eigenvalue weighted by Gasteiger charge is 2.19. The molecule has 0 spiro atoms. The maximum atomic E-state index is 6.48. The van der Waals surface area contributed by atoms with Crippen molar-refractivity contribution in [3.8, 4) is 22.3 Å². The molecular weight excluding hydrogens is 669 g/mol. The van der Waals surface area contributed by atoms with Crippen LogP contribution in [-0.4, -0.2) is 0 Å². The van der Waals surface area contributed by atoms with Crippen LogP contribution in [-0.2, 0) is 0 Å². The number of benzene rings is 9. The molecular formula is C52H36N2O. The van der Waals surface area contributed by atoms with Gasteiger partial charge in [0.25, 0.3) is 0 Å². The molecule has 0 radical (unpaired) electrons. The van der Waals surface area contributed by atoms with Crippen LogP contribution >= 0.6 is 0 Å². The molecule has 0 aliphatic heterocycles. The number of nitrogens with zero attached hydrogens (tertiary/aromatic N) is 2. The highest BCUT2D eigenvalue weighted by Crippen LogP contribution is 2.43. The van der Waals surface area contributed by atoms with E-state index in [4.69, 9.17) is 4.42 Å². The highest BCUT2D eigenvalue weighted by atomic mass is 16.3. The van der Waals surface area contributed by atoms with Gasteiger partial charge in [-0.15, -0.1) is 0 Å². The molecule has 260 valence electrons. The number of rotatable bonds is 8. The van der Waals surface area contributed by atoms with E-state index in [9.17, 15) is 0 Å². The molecule has 0 N–H and O–H groups in total. The maximum Gasteiger partial charge on any atom is 0.136 e. The van der Waals surface area contributed by atoms with Gasteiger partial charge in [0.2, 0.25) is 0 Å². The molecule has 10 aromatic rings. The van der Waals surface area contributed by atoms with E-state index in [0.717, 1.165) is 67.0 Å². The van der Waals surface area contributed by atoms with Crippen molar-refractivity contribution in [2.45, 2.75) is 0 Å². The molecule has 0 unspecified atom stereocenters. The average Bonchev–Trinajstić information content (AvgIpc) is 3.64.